The fraction of sp³-hybridized carbons (Fsp3) is 0.150. The van der Waals surface area contributed by atoms with Crippen LogP contribution >= 0.6 is 22.9 Å². The molecule has 0 amide bonds. The van der Waals surface area contributed by atoms with Gasteiger partial charge in [0.25, 0.3) is 5.56 Å². The minimum Gasteiger partial charge on any atom is -0.310 e. The molecular formula is C20H15ClFNOS. The van der Waals surface area contributed by atoms with Gasteiger partial charge in [-0.3, -0.25) is 4.79 Å². The molecule has 1 unspecified atom stereocenters. The van der Waals surface area contributed by atoms with E-state index in [1.54, 1.807) is 28.2 Å². The Morgan fingerprint density at radius 2 is 2.04 bits per heavy atom. The second-order valence-electron chi connectivity index (χ2n) is 6.05. The van der Waals surface area contributed by atoms with Crippen LogP contribution in [-0.2, 0) is 6.54 Å². The Morgan fingerprint density at radius 1 is 1.20 bits per heavy atom. The van der Waals surface area contributed by atoms with Crippen LogP contribution in [0, 0.1) is 0 Å². The summed E-state index contributed by atoms with van der Waals surface area (Å²) in [6, 6.07) is 11.6. The molecule has 0 saturated heterocycles. The van der Waals surface area contributed by atoms with Crippen LogP contribution in [0.2, 0.25) is 0 Å². The molecule has 25 heavy (non-hydrogen) atoms. The number of aromatic nitrogens is 1. The summed E-state index contributed by atoms with van der Waals surface area (Å²) >= 11 is 7.63. The molecule has 0 fully saturated rings. The van der Waals surface area contributed by atoms with Crippen molar-refractivity contribution < 1.29 is 4.39 Å². The Balaban J connectivity index is 1.69. The van der Waals surface area contributed by atoms with E-state index in [9.17, 15) is 9.18 Å². The Hall–Kier alpha value is -2.17. The molecule has 2 heterocycles. The van der Waals surface area contributed by atoms with Gasteiger partial charge in [-0.25, -0.2) is 4.39 Å². The number of benzene rings is 1. The van der Waals surface area contributed by atoms with Crippen molar-refractivity contribution in [2.75, 3.05) is 0 Å². The van der Waals surface area contributed by atoms with Gasteiger partial charge >= 0.3 is 0 Å². The standard InChI is InChI=1S/C20H15ClFNOS/c21-17-4-1-16(18(22)10-17)12-23-11-15(3-6-20(23)24)13-2-5-19-14(9-13)7-8-25-19/h1-3,5-11,17H,4,12H2. The average molecular weight is 372 g/mol. The summed E-state index contributed by atoms with van der Waals surface area (Å²) in [5.74, 6) is -0.344. The molecule has 4 rings (SSSR count). The van der Waals surface area contributed by atoms with Crippen LogP contribution in [-0.4, -0.2) is 9.94 Å². The molecule has 0 spiro atoms. The van der Waals surface area contributed by atoms with Crippen molar-refractivity contribution in [3.63, 3.8) is 0 Å². The first-order valence-corrected chi connectivity index (χ1v) is 9.31. The molecular weight excluding hydrogens is 357 g/mol. The number of hydrogen-bond acceptors (Lipinski definition) is 2. The van der Waals surface area contributed by atoms with Crippen molar-refractivity contribution in [1.29, 1.82) is 0 Å². The van der Waals surface area contributed by atoms with E-state index >= 15 is 0 Å². The van der Waals surface area contributed by atoms with Crippen molar-refractivity contribution in [2.24, 2.45) is 0 Å². The van der Waals surface area contributed by atoms with Crippen molar-refractivity contribution in [3.05, 3.63) is 81.9 Å². The van der Waals surface area contributed by atoms with Gasteiger partial charge in [0, 0.05) is 22.5 Å². The summed E-state index contributed by atoms with van der Waals surface area (Å²) in [6.07, 6.45) is 5.53. The number of pyridine rings is 1. The molecule has 3 aromatic rings. The maximum atomic E-state index is 14.1. The SMILES string of the molecule is O=c1ccc(-c2ccc3sccc3c2)cn1CC1=CCC(Cl)C=C1F. The quantitative estimate of drug-likeness (QED) is 0.555. The zero-order chi connectivity index (χ0) is 17.4. The second-order valence-corrected chi connectivity index (χ2v) is 7.56. The molecule has 0 radical (unpaired) electrons. The van der Waals surface area contributed by atoms with Gasteiger partial charge in [0.15, 0.2) is 0 Å². The van der Waals surface area contributed by atoms with Gasteiger partial charge < -0.3 is 4.57 Å². The van der Waals surface area contributed by atoms with E-state index in [-0.39, 0.29) is 23.3 Å². The smallest absolute Gasteiger partial charge is 0.250 e. The Labute approximate surface area is 153 Å². The number of rotatable bonds is 3. The van der Waals surface area contributed by atoms with Gasteiger partial charge in [0.2, 0.25) is 0 Å². The van der Waals surface area contributed by atoms with Crippen LogP contribution in [0.3, 0.4) is 0 Å². The molecule has 1 aliphatic rings. The molecule has 126 valence electrons. The summed E-state index contributed by atoms with van der Waals surface area (Å²) in [7, 11) is 0. The van der Waals surface area contributed by atoms with Crippen LogP contribution in [0.25, 0.3) is 21.2 Å². The molecule has 0 bridgehead atoms. The zero-order valence-corrected chi connectivity index (χ0v) is 14.9. The average Bonchev–Trinajstić information content (AvgIpc) is 3.06. The predicted octanol–water partition coefficient (Wildman–Crippen LogP) is 5.52. The topological polar surface area (TPSA) is 22.0 Å². The molecule has 1 aromatic carbocycles. The van der Waals surface area contributed by atoms with E-state index in [4.69, 9.17) is 11.6 Å². The molecule has 1 atom stereocenters. The number of alkyl halides is 1. The molecule has 2 nitrogen and oxygen atoms in total. The fourth-order valence-electron chi connectivity index (χ4n) is 2.98. The van der Waals surface area contributed by atoms with E-state index in [0.717, 1.165) is 11.1 Å². The first-order chi connectivity index (χ1) is 12.1. The Morgan fingerprint density at radius 3 is 2.88 bits per heavy atom. The first kappa shape index (κ1) is 16.3. The largest absolute Gasteiger partial charge is 0.310 e. The number of hydrogen-bond donors (Lipinski definition) is 0. The minimum atomic E-state index is -0.344. The van der Waals surface area contributed by atoms with Gasteiger partial charge in [-0.15, -0.1) is 22.9 Å². The number of allylic oxidation sites excluding steroid dienone is 4. The number of nitrogens with zero attached hydrogens (tertiary/aromatic N) is 1. The van der Waals surface area contributed by atoms with Gasteiger partial charge in [-0.05, 0) is 58.7 Å². The Bertz CT molecular complexity index is 1060. The Kier molecular flexibility index (Phi) is 4.32. The molecule has 0 saturated carbocycles. The number of halogens is 2. The van der Waals surface area contributed by atoms with E-state index in [2.05, 4.69) is 23.6 Å². The maximum Gasteiger partial charge on any atom is 0.250 e. The maximum absolute atomic E-state index is 14.1. The lowest BCUT2D eigenvalue weighted by Gasteiger charge is -2.15. The van der Waals surface area contributed by atoms with Crippen LogP contribution in [0.4, 0.5) is 4.39 Å². The lowest BCUT2D eigenvalue weighted by Crippen LogP contribution is -2.20. The normalized spacial score (nSPS) is 17.4. The third-order valence-electron chi connectivity index (χ3n) is 4.33. The lowest BCUT2D eigenvalue weighted by molar-refractivity contribution is 0.603. The second kappa shape index (κ2) is 6.62. The highest BCUT2D eigenvalue weighted by Gasteiger charge is 2.15. The summed E-state index contributed by atoms with van der Waals surface area (Å²) in [6.45, 7) is 0.208. The van der Waals surface area contributed by atoms with Crippen molar-refractivity contribution in [3.8, 4) is 11.1 Å². The van der Waals surface area contributed by atoms with Gasteiger partial charge in [-0.1, -0.05) is 12.1 Å². The first-order valence-electron chi connectivity index (χ1n) is 7.99. The van der Waals surface area contributed by atoms with Crippen molar-refractivity contribution in [1.82, 2.24) is 4.57 Å². The number of fused-ring (bicyclic) bond motifs is 1. The minimum absolute atomic E-state index is 0.151. The highest BCUT2D eigenvalue weighted by atomic mass is 35.5. The third kappa shape index (κ3) is 3.32. The van der Waals surface area contributed by atoms with E-state index in [1.807, 2.05) is 12.1 Å². The van der Waals surface area contributed by atoms with Crippen LogP contribution in [0.1, 0.15) is 6.42 Å². The highest BCUT2D eigenvalue weighted by molar-refractivity contribution is 7.17. The van der Waals surface area contributed by atoms with Gasteiger partial charge in [0.1, 0.15) is 5.83 Å². The molecule has 5 heteroatoms. The fourth-order valence-corrected chi connectivity index (χ4v) is 3.95. The van der Waals surface area contributed by atoms with E-state index in [0.29, 0.717) is 12.0 Å². The summed E-state index contributed by atoms with van der Waals surface area (Å²) in [4.78, 5) is 12.2. The van der Waals surface area contributed by atoms with Crippen LogP contribution < -0.4 is 5.56 Å². The van der Waals surface area contributed by atoms with E-state index in [1.165, 1.54) is 22.2 Å². The van der Waals surface area contributed by atoms with Crippen LogP contribution in [0.5, 0.6) is 0 Å². The predicted molar refractivity (Wildman–Crippen MR) is 103 cm³/mol. The van der Waals surface area contributed by atoms with Crippen molar-refractivity contribution >= 4 is 33.0 Å². The summed E-state index contributed by atoms with van der Waals surface area (Å²) in [5.41, 5.74) is 2.32. The summed E-state index contributed by atoms with van der Waals surface area (Å²) < 4.78 is 16.8. The third-order valence-corrected chi connectivity index (χ3v) is 5.54. The number of thiophene rings is 1. The zero-order valence-electron chi connectivity index (χ0n) is 13.3. The van der Waals surface area contributed by atoms with E-state index < -0.39 is 0 Å². The van der Waals surface area contributed by atoms with Gasteiger partial charge in [-0.2, -0.15) is 0 Å². The highest BCUT2D eigenvalue weighted by Crippen LogP contribution is 2.28. The monoisotopic (exact) mass is 371 g/mol. The van der Waals surface area contributed by atoms with Crippen molar-refractivity contribution in [2.45, 2.75) is 18.3 Å². The molecule has 2 aromatic heterocycles. The van der Waals surface area contributed by atoms with Gasteiger partial charge in [0.05, 0.1) is 11.9 Å². The molecule has 0 aliphatic heterocycles. The molecule has 1 aliphatic carbocycles. The van der Waals surface area contributed by atoms with Crippen LogP contribution in [0.15, 0.2) is 76.3 Å². The lowest BCUT2D eigenvalue weighted by atomic mass is 10.0. The molecule has 0 N–H and O–H groups in total. The summed E-state index contributed by atoms with van der Waals surface area (Å²) in [5, 5.41) is 2.92.